The highest BCUT2D eigenvalue weighted by Crippen LogP contribution is 2.31. The lowest BCUT2D eigenvalue weighted by atomic mass is 10.1. The Morgan fingerprint density at radius 3 is 3.04 bits per heavy atom. The molecule has 4 nitrogen and oxygen atoms in total. The minimum atomic E-state index is -0.246. The van der Waals surface area contributed by atoms with Gasteiger partial charge in [-0.2, -0.15) is 10.2 Å². The summed E-state index contributed by atoms with van der Waals surface area (Å²) in [6.45, 7) is 0. The van der Waals surface area contributed by atoms with Crippen LogP contribution in [0.25, 0.3) is 10.8 Å². The van der Waals surface area contributed by atoms with Crippen molar-refractivity contribution >= 4 is 34.1 Å². The third-order valence-corrected chi connectivity index (χ3v) is 4.79. The third kappa shape index (κ3) is 2.77. The van der Waals surface area contributed by atoms with Crippen molar-refractivity contribution < 1.29 is 4.39 Å². The summed E-state index contributed by atoms with van der Waals surface area (Å²) in [6, 6.07) is 12.7. The number of aromatic nitrogens is 2. The number of hydrazone groups is 1. The number of benzene rings is 2. The summed E-state index contributed by atoms with van der Waals surface area (Å²) in [5, 5.41) is 14.5. The minimum Gasteiger partial charge on any atom is -0.259 e. The molecule has 0 radical (unpaired) electrons. The van der Waals surface area contributed by atoms with E-state index in [9.17, 15) is 4.39 Å². The zero-order chi connectivity index (χ0) is 15.6. The maximum absolute atomic E-state index is 13.5. The molecule has 114 valence electrons. The SMILES string of the molecule is Fc1ccc2c(c1)C(=NNc1nncc3ccccc13)CCS2. The second-order valence-electron chi connectivity index (χ2n) is 5.19. The predicted octanol–water partition coefficient (Wildman–Crippen LogP) is 4.08. The lowest BCUT2D eigenvalue weighted by Crippen LogP contribution is -2.12. The molecule has 1 N–H and O–H groups in total. The molecule has 3 aromatic rings. The number of thioether (sulfide) groups is 1. The fraction of sp³-hybridized carbons (Fsp3) is 0.118. The van der Waals surface area contributed by atoms with E-state index >= 15 is 0 Å². The van der Waals surface area contributed by atoms with E-state index in [1.807, 2.05) is 30.3 Å². The highest BCUT2D eigenvalue weighted by molar-refractivity contribution is 7.99. The van der Waals surface area contributed by atoms with Crippen LogP contribution in [0.3, 0.4) is 0 Å². The first kappa shape index (κ1) is 14.1. The van der Waals surface area contributed by atoms with Crippen molar-refractivity contribution in [3.8, 4) is 0 Å². The lowest BCUT2D eigenvalue weighted by Gasteiger charge is -2.17. The summed E-state index contributed by atoms with van der Waals surface area (Å²) in [4.78, 5) is 1.06. The summed E-state index contributed by atoms with van der Waals surface area (Å²) in [7, 11) is 0. The maximum Gasteiger partial charge on any atom is 0.176 e. The van der Waals surface area contributed by atoms with Gasteiger partial charge in [0, 0.05) is 33.4 Å². The number of anilines is 1. The number of fused-ring (bicyclic) bond motifs is 2. The van der Waals surface area contributed by atoms with Gasteiger partial charge >= 0.3 is 0 Å². The third-order valence-electron chi connectivity index (χ3n) is 3.72. The molecule has 2 heterocycles. The van der Waals surface area contributed by atoms with E-state index in [0.29, 0.717) is 5.82 Å². The van der Waals surface area contributed by atoms with Crippen molar-refractivity contribution in [2.75, 3.05) is 11.2 Å². The maximum atomic E-state index is 13.5. The molecule has 0 spiro atoms. The van der Waals surface area contributed by atoms with Gasteiger partial charge in [-0.15, -0.1) is 16.9 Å². The molecule has 23 heavy (non-hydrogen) atoms. The van der Waals surface area contributed by atoms with Crippen LogP contribution in [0.4, 0.5) is 10.2 Å². The summed E-state index contributed by atoms with van der Waals surface area (Å²) in [6.07, 6.45) is 2.50. The molecule has 0 aliphatic carbocycles. The summed E-state index contributed by atoms with van der Waals surface area (Å²) < 4.78 is 13.5. The average molecular weight is 324 g/mol. The van der Waals surface area contributed by atoms with Gasteiger partial charge in [0.05, 0.1) is 11.9 Å². The van der Waals surface area contributed by atoms with Gasteiger partial charge in [-0.05, 0) is 18.2 Å². The van der Waals surface area contributed by atoms with Gasteiger partial charge < -0.3 is 0 Å². The molecule has 2 aromatic carbocycles. The second kappa shape index (κ2) is 5.96. The molecule has 0 saturated carbocycles. The smallest absolute Gasteiger partial charge is 0.176 e. The summed E-state index contributed by atoms with van der Waals surface area (Å²) in [5.41, 5.74) is 4.69. The van der Waals surface area contributed by atoms with Crippen LogP contribution < -0.4 is 5.43 Å². The second-order valence-corrected chi connectivity index (χ2v) is 6.33. The van der Waals surface area contributed by atoms with Crippen LogP contribution in [0.5, 0.6) is 0 Å². The number of nitrogens with one attached hydrogen (secondary N) is 1. The fourth-order valence-corrected chi connectivity index (χ4v) is 3.60. The Morgan fingerprint density at radius 2 is 2.09 bits per heavy atom. The number of hydrogen-bond donors (Lipinski definition) is 1. The van der Waals surface area contributed by atoms with Crippen molar-refractivity contribution in [2.45, 2.75) is 11.3 Å². The van der Waals surface area contributed by atoms with Gasteiger partial charge in [0.15, 0.2) is 5.82 Å². The van der Waals surface area contributed by atoms with Gasteiger partial charge in [-0.25, -0.2) is 4.39 Å². The van der Waals surface area contributed by atoms with Crippen molar-refractivity contribution in [1.82, 2.24) is 10.2 Å². The molecule has 0 amide bonds. The molecule has 0 atom stereocenters. The molecule has 0 saturated heterocycles. The van der Waals surface area contributed by atoms with E-state index in [4.69, 9.17) is 0 Å². The quantitative estimate of drug-likeness (QED) is 0.722. The van der Waals surface area contributed by atoms with Crippen LogP contribution in [-0.2, 0) is 0 Å². The minimum absolute atomic E-state index is 0.246. The van der Waals surface area contributed by atoms with E-state index in [1.54, 1.807) is 18.0 Å². The highest BCUT2D eigenvalue weighted by Gasteiger charge is 2.17. The molecular formula is C17H13FN4S. The molecule has 6 heteroatoms. The van der Waals surface area contributed by atoms with Crippen LogP contribution in [-0.4, -0.2) is 21.7 Å². The van der Waals surface area contributed by atoms with Crippen LogP contribution in [0.1, 0.15) is 12.0 Å². The first-order valence-electron chi connectivity index (χ1n) is 7.27. The zero-order valence-corrected chi connectivity index (χ0v) is 13.0. The van der Waals surface area contributed by atoms with E-state index < -0.39 is 0 Å². The van der Waals surface area contributed by atoms with Gasteiger partial charge in [-0.1, -0.05) is 24.3 Å². The van der Waals surface area contributed by atoms with Crippen molar-refractivity contribution in [1.29, 1.82) is 0 Å². The monoisotopic (exact) mass is 324 g/mol. The summed E-state index contributed by atoms with van der Waals surface area (Å²) in [5.74, 6) is 1.29. The number of nitrogens with zero attached hydrogens (tertiary/aromatic N) is 3. The zero-order valence-electron chi connectivity index (χ0n) is 12.2. The molecule has 4 rings (SSSR count). The Hall–Kier alpha value is -2.47. The van der Waals surface area contributed by atoms with Gasteiger partial charge in [0.2, 0.25) is 0 Å². The number of hydrogen-bond acceptors (Lipinski definition) is 5. The van der Waals surface area contributed by atoms with Gasteiger partial charge in [0.25, 0.3) is 0 Å². The predicted molar refractivity (Wildman–Crippen MR) is 91.4 cm³/mol. The topological polar surface area (TPSA) is 50.2 Å². The van der Waals surface area contributed by atoms with Crippen molar-refractivity contribution in [3.63, 3.8) is 0 Å². The molecule has 0 unspecified atom stereocenters. The summed E-state index contributed by atoms with van der Waals surface area (Å²) >= 11 is 1.72. The van der Waals surface area contributed by atoms with Crippen LogP contribution >= 0.6 is 11.8 Å². The first-order valence-corrected chi connectivity index (χ1v) is 8.25. The number of halogens is 1. The van der Waals surface area contributed by atoms with E-state index in [2.05, 4.69) is 20.7 Å². The molecule has 0 bridgehead atoms. The number of rotatable bonds is 2. The highest BCUT2D eigenvalue weighted by atomic mass is 32.2. The molecular weight excluding hydrogens is 311 g/mol. The standard InChI is InChI=1S/C17H13FN4S/c18-12-5-6-16-14(9-12)15(7-8-23-16)20-22-17-13-4-2-1-3-11(13)10-19-21-17/h1-6,9-10H,7-8H2,(H,21,22). The van der Waals surface area contributed by atoms with Gasteiger partial charge in [-0.3, -0.25) is 5.43 Å². The molecule has 1 aliphatic heterocycles. The lowest BCUT2D eigenvalue weighted by molar-refractivity contribution is 0.626. The average Bonchev–Trinajstić information content (AvgIpc) is 2.60. The van der Waals surface area contributed by atoms with E-state index in [1.165, 1.54) is 12.1 Å². The largest absolute Gasteiger partial charge is 0.259 e. The van der Waals surface area contributed by atoms with E-state index in [0.717, 1.165) is 39.1 Å². The molecule has 1 aliphatic rings. The Bertz CT molecular complexity index is 905. The Kier molecular flexibility index (Phi) is 3.67. The van der Waals surface area contributed by atoms with Crippen LogP contribution in [0.2, 0.25) is 0 Å². The molecule has 0 fully saturated rings. The van der Waals surface area contributed by atoms with Gasteiger partial charge in [0.1, 0.15) is 5.82 Å². The first-order chi connectivity index (χ1) is 11.3. The van der Waals surface area contributed by atoms with Crippen molar-refractivity contribution in [3.05, 3.63) is 60.0 Å². The van der Waals surface area contributed by atoms with E-state index in [-0.39, 0.29) is 5.82 Å². The van der Waals surface area contributed by atoms with Crippen LogP contribution in [0.15, 0.2) is 58.7 Å². The van der Waals surface area contributed by atoms with Crippen LogP contribution in [0, 0.1) is 5.82 Å². The Morgan fingerprint density at radius 1 is 1.17 bits per heavy atom. The normalized spacial score (nSPS) is 15.6. The Balaban J connectivity index is 1.71. The molecule has 1 aromatic heterocycles. The fourth-order valence-electron chi connectivity index (χ4n) is 2.59. The Labute approximate surface area is 136 Å². The van der Waals surface area contributed by atoms with Crippen molar-refractivity contribution in [2.24, 2.45) is 5.10 Å².